The average Bonchev–Trinajstić information content (AvgIpc) is 3.33. The van der Waals surface area contributed by atoms with E-state index in [1.165, 1.54) is 31.2 Å². The lowest BCUT2D eigenvalue weighted by Gasteiger charge is -2.26. The molecule has 10 nitrogen and oxygen atoms in total. The van der Waals surface area contributed by atoms with Crippen LogP contribution in [0.4, 0.5) is 4.39 Å². The van der Waals surface area contributed by atoms with E-state index in [9.17, 15) is 23.9 Å². The molecule has 2 aromatic carbocycles. The molecule has 0 saturated heterocycles. The number of amides is 2. The Morgan fingerprint density at radius 3 is 2.65 bits per heavy atom. The van der Waals surface area contributed by atoms with Crippen LogP contribution >= 0.6 is 11.6 Å². The summed E-state index contributed by atoms with van der Waals surface area (Å²) < 4.78 is 25.3. The molecule has 222 valence electrons. The number of aliphatic hydroxyl groups is 1. The maximum Gasteiger partial charge on any atom is 0.255 e. The third-order valence-electron chi connectivity index (χ3n) is 7.56. The summed E-state index contributed by atoms with van der Waals surface area (Å²) in [6.45, 7) is 2.68. The van der Waals surface area contributed by atoms with Crippen molar-refractivity contribution < 1.29 is 33.4 Å². The SMILES string of the molecule is C[C@](O)(CCC(=O)c1cc(OCC(N)=O)c2ncccc2c1)c1cc2c(c(-c3ccc(F)c(Cl)c3)n1)OC[C@]2(C)C(N)=O. The van der Waals surface area contributed by atoms with E-state index in [0.29, 0.717) is 22.0 Å². The van der Waals surface area contributed by atoms with Gasteiger partial charge >= 0.3 is 0 Å². The summed E-state index contributed by atoms with van der Waals surface area (Å²) in [5.74, 6) is -1.76. The van der Waals surface area contributed by atoms with Crippen molar-refractivity contribution in [1.29, 1.82) is 0 Å². The lowest BCUT2D eigenvalue weighted by molar-refractivity contribution is -0.123. The number of benzene rings is 2. The molecule has 43 heavy (non-hydrogen) atoms. The zero-order valence-electron chi connectivity index (χ0n) is 23.3. The molecule has 2 aromatic heterocycles. The van der Waals surface area contributed by atoms with Crippen molar-refractivity contribution in [2.24, 2.45) is 11.5 Å². The number of halogens is 2. The van der Waals surface area contributed by atoms with Gasteiger partial charge in [-0.25, -0.2) is 9.37 Å². The summed E-state index contributed by atoms with van der Waals surface area (Å²) in [4.78, 5) is 46.0. The van der Waals surface area contributed by atoms with Crippen LogP contribution in [0.25, 0.3) is 22.2 Å². The fourth-order valence-electron chi connectivity index (χ4n) is 4.91. The molecule has 0 spiro atoms. The van der Waals surface area contributed by atoms with Gasteiger partial charge in [0.15, 0.2) is 12.4 Å². The van der Waals surface area contributed by atoms with Gasteiger partial charge in [-0.05, 0) is 62.7 Å². The first-order valence-electron chi connectivity index (χ1n) is 13.3. The van der Waals surface area contributed by atoms with Gasteiger partial charge in [-0.2, -0.15) is 0 Å². The number of hydrogen-bond acceptors (Lipinski definition) is 8. The Hall–Kier alpha value is -4.61. The molecule has 5 rings (SSSR count). The van der Waals surface area contributed by atoms with Crippen LogP contribution in [0.2, 0.25) is 5.02 Å². The summed E-state index contributed by atoms with van der Waals surface area (Å²) in [6, 6.07) is 12.1. The second-order valence-corrected chi connectivity index (χ2v) is 11.3. The van der Waals surface area contributed by atoms with Crippen molar-refractivity contribution in [2.45, 2.75) is 37.7 Å². The molecular formula is C31H28ClFN4O6. The zero-order chi connectivity index (χ0) is 31.1. The number of ketones is 1. The van der Waals surface area contributed by atoms with E-state index in [1.807, 2.05) is 0 Å². The summed E-state index contributed by atoms with van der Waals surface area (Å²) in [5.41, 5.74) is 10.0. The molecule has 2 amide bonds. The number of primary amides is 2. The van der Waals surface area contributed by atoms with Gasteiger partial charge in [0.2, 0.25) is 5.91 Å². The topological polar surface area (TPSA) is 168 Å². The quantitative estimate of drug-likeness (QED) is 0.228. The highest BCUT2D eigenvalue weighted by Crippen LogP contribution is 2.46. The molecule has 1 aliphatic rings. The van der Waals surface area contributed by atoms with Gasteiger partial charge in [0, 0.05) is 34.7 Å². The van der Waals surface area contributed by atoms with Gasteiger partial charge < -0.3 is 26.0 Å². The Labute approximate surface area is 250 Å². The smallest absolute Gasteiger partial charge is 0.255 e. The molecule has 0 fully saturated rings. The number of nitrogens with zero attached hydrogens (tertiary/aromatic N) is 2. The van der Waals surface area contributed by atoms with Crippen LogP contribution in [0.15, 0.2) is 54.7 Å². The molecule has 2 atom stereocenters. The van der Waals surface area contributed by atoms with Crippen LogP contribution in [-0.2, 0) is 20.6 Å². The van der Waals surface area contributed by atoms with Gasteiger partial charge in [-0.3, -0.25) is 19.4 Å². The maximum absolute atomic E-state index is 13.9. The van der Waals surface area contributed by atoms with Crippen molar-refractivity contribution in [3.63, 3.8) is 0 Å². The van der Waals surface area contributed by atoms with Crippen molar-refractivity contribution in [1.82, 2.24) is 9.97 Å². The minimum atomic E-state index is -1.66. The minimum Gasteiger partial charge on any atom is -0.489 e. The molecule has 3 heterocycles. The molecule has 0 bridgehead atoms. The second kappa shape index (κ2) is 11.2. The van der Waals surface area contributed by atoms with Gasteiger partial charge in [-0.15, -0.1) is 0 Å². The van der Waals surface area contributed by atoms with E-state index in [2.05, 4.69) is 9.97 Å². The molecule has 12 heteroatoms. The number of nitrogens with two attached hydrogens (primary N) is 2. The fraction of sp³-hybridized carbons (Fsp3) is 0.258. The minimum absolute atomic E-state index is 0.0532. The van der Waals surface area contributed by atoms with Gasteiger partial charge in [0.1, 0.15) is 46.1 Å². The standard InChI is InChI=1S/C31H28ClFN4O6/c1-30(29(35)40)15-43-28-19(30)13-24(37-27(28)17-5-6-21(33)20(32)11-17)31(2,41)8-7-22(38)18-10-16-4-3-9-36-26(16)23(12-18)42-14-25(34)39/h3-6,9-13,41H,7-8,14-15H2,1-2H3,(H2,34,39)(H2,35,40)/t30-,31-/m0/s1. The average molecular weight is 607 g/mol. The number of carbonyl (C=O) groups is 3. The number of aromatic nitrogens is 2. The third kappa shape index (κ3) is 5.73. The summed E-state index contributed by atoms with van der Waals surface area (Å²) in [5, 5.41) is 12.1. The van der Waals surface area contributed by atoms with Crippen molar-refractivity contribution in [3.05, 3.63) is 82.4 Å². The van der Waals surface area contributed by atoms with E-state index in [1.54, 1.807) is 37.4 Å². The normalized spacial score (nSPS) is 17.1. The number of rotatable bonds is 10. The van der Waals surface area contributed by atoms with E-state index in [0.717, 1.165) is 0 Å². The molecule has 0 saturated carbocycles. The third-order valence-corrected chi connectivity index (χ3v) is 7.85. The maximum atomic E-state index is 13.9. The van der Waals surface area contributed by atoms with Crippen molar-refractivity contribution >= 4 is 40.1 Å². The molecular weight excluding hydrogens is 579 g/mol. The summed E-state index contributed by atoms with van der Waals surface area (Å²) >= 11 is 6.04. The summed E-state index contributed by atoms with van der Waals surface area (Å²) in [6.07, 6.45) is 1.40. The zero-order valence-corrected chi connectivity index (χ0v) is 24.1. The number of carbonyl (C=O) groups excluding carboxylic acids is 3. The van der Waals surface area contributed by atoms with Crippen LogP contribution in [0, 0.1) is 5.82 Å². The second-order valence-electron chi connectivity index (χ2n) is 10.8. The first kappa shape index (κ1) is 29.9. The highest BCUT2D eigenvalue weighted by molar-refractivity contribution is 6.31. The molecule has 1 aliphatic heterocycles. The molecule has 0 radical (unpaired) electrons. The van der Waals surface area contributed by atoms with Crippen molar-refractivity contribution in [3.8, 4) is 22.8 Å². The van der Waals surface area contributed by atoms with Gasteiger partial charge in [0.25, 0.3) is 5.91 Å². The van der Waals surface area contributed by atoms with E-state index >= 15 is 0 Å². The predicted molar refractivity (Wildman–Crippen MR) is 156 cm³/mol. The molecule has 5 N–H and O–H groups in total. The molecule has 0 unspecified atom stereocenters. The number of Topliss-reactive ketones (excluding diaryl/α,β-unsaturated/α-hetero) is 1. The predicted octanol–water partition coefficient (Wildman–Crippen LogP) is 3.96. The van der Waals surface area contributed by atoms with Crippen LogP contribution in [-0.4, -0.2) is 45.9 Å². The van der Waals surface area contributed by atoms with Gasteiger partial charge in [-0.1, -0.05) is 17.7 Å². The highest BCUT2D eigenvalue weighted by atomic mass is 35.5. The Morgan fingerprint density at radius 2 is 1.95 bits per heavy atom. The van der Waals surface area contributed by atoms with E-state index < -0.39 is 35.3 Å². The first-order chi connectivity index (χ1) is 20.3. The Morgan fingerprint density at radius 1 is 1.19 bits per heavy atom. The first-order valence-corrected chi connectivity index (χ1v) is 13.7. The Kier molecular flexibility index (Phi) is 7.80. The van der Waals surface area contributed by atoms with Crippen LogP contribution in [0.5, 0.6) is 11.5 Å². The number of ether oxygens (including phenoxy) is 2. The number of fused-ring (bicyclic) bond motifs is 2. The van der Waals surface area contributed by atoms with Crippen molar-refractivity contribution in [2.75, 3.05) is 13.2 Å². The Bertz CT molecular complexity index is 1800. The Balaban J connectivity index is 1.49. The molecule has 4 aromatic rings. The number of pyridine rings is 2. The lowest BCUT2D eigenvalue weighted by Crippen LogP contribution is -2.40. The molecule has 0 aliphatic carbocycles. The van der Waals surface area contributed by atoms with Crippen LogP contribution in [0.1, 0.15) is 48.3 Å². The van der Waals surface area contributed by atoms with Gasteiger partial charge in [0.05, 0.1) is 10.7 Å². The van der Waals surface area contributed by atoms with Crippen LogP contribution in [0.3, 0.4) is 0 Å². The highest BCUT2D eigenvalue weighted by Gasteiger charge is 2.45. The lowest BCUT2D eigenvalue weighted by atomic mass is 9.81. The van der Waals surface area contributed by atoms with E-state index in [-0.39, 0.29) is 58.7 Å². The number of hydrogen-bond donors (Lipinski definition) is 3. The monoisotopic (exact) mass is 606 g/mol. The van der Waals surface area contributed by atoms with E-state index in [4.69, 9.17) is 32.5 Å². The largest absolute Gasteiger partial charge is 0.489 e. The summed E-state index contributed by atoms with van der Waals surface area (Å²) in [7, 11) is 0. The van der Waals surface area contributed by atoms with Crippen LogP contribution < -0.4 is 20.9 Å². The fourth-order valence-corrected chi connectivity index (χ4v) is 5.09.